The summed E-state index contributed by atoms with van der Waals surface area (Å²) in [5, 5.41) is 34.7. The van der Waals surface area contributed by atoms with Gasteiger partial charge in [0.05, 0.1) is 0 Å². The number of fused-ring (bicyclic) bond motifs is 2. The highest BCUT2D eigenvalue weighted by molar-refractivity contribution is 5.63. The highest BCUT2D eigenvalue weighted by Crippen LogP contribution is 2.75. The lowest BCUT2D eigenvalue weighted by Crippen LogP contribution is -2.80. The number of phenols is 1. The molecule has 180 valence electrons. The summed E-state index contributed by atoms with van der Waals surface area (Å²) < 4.78 is 6.52. The van der Waals surface area contributed by atoms with Crippen LogP contribution >= 0.6 is 0 Å². The number of hydrogen-bond acceptors (Lipinski definition) is 5. The van der Waals surface area contributed by atoms with Crippen molar-refractivity contribution in [2.45, 2.75) is 114 Å². The van der Waals surface area contributed by atoms with Gasteiger partial charge in [-0.2, -0.15) is 0 Å². The Morgan fingerprint density at radius 1 is 1.09 bits per heavy atom. The van der Waals surface area contributed by atoms with E-state index < -0.39 is 11.3 Å². The second-order valence-corrected chi connectivity index (χ2v) is 13.2. The van der Waals surface area contributed by atoms with E-state index in [0.717, 1.165) is 57.4 Å². The van der Waals surface area contributed by atoms with Crippen LogP contribution in [0, 0.1) is 16.7 Å². The van der Waals surface area contributed by atoms with E-state index in [9.17, 15) is 15.3 Å². The third kappa shape index (κ3) is 2.31. The molecule has 0 radical (unpaired) electrons. The summed E-state index contributed by atoms with van der Waals surface area (Å²) in [6.07, 6.45) is 9.88. The molecule has 1 aromatic carbocycles. The van der Waals surface area contributed by atoms with Crippen molar-refractivity contribution in [3.63, 3.8) is 0 Å². The second-order valence-electron chi connectivity index (χ2n) is 13.2. The summed E-state index contributed by atoms with van der Waals surface area (Å²) in [6, 6.07) is 4.06. The first kappa shape index (κ1) is 21.0. The van der Waals surface area contributed by atoms with Crippen molar-refractivity contribution >= 4 is 0 Å². The molecule has 2 spiro atoms. The van der Waals surface area contributed by atoms with E-state index in [2.05, 4.69) is 31.7 Å². The first-order valence-electron chi connectivity index (χ1n) is 13.3. The largest absolute Gasteiger partial charge is 0.504 e. The third-order valence-electron chi connectivity index (χ3n) is 11.6. The van der Waals surface area contributed by atoms with E-state index in [4.69, 9.17) is 4.74 Å². The molecule has 5 nitrogen and oxygen atoms in total. The predicted molar refractivity (Wildman–Crippen MR) is 125 cm³/mol. The van der Waals surface area contributed by atoms with E-state index in [1.807, 2.05) is 0 Å². The first-order chi connectivity index (χ1) is 15.6. The van der Waals surface area contributed by atoms with Crippen LogP contribution in [0.25, 0.3) is 0 Å². The van der Waals surface area contributed by atoms with Gasteiger partial charge in [0, 0.05) is 34.4 Å². The fourth-order valence-corrected chi connectivity index (χ4v) is 9.17. The molecule has 1 aromatic rings. The fourth-order valence-electron chi connectivity index (χ4n) is 9.17. The van der Waals surface area contributed by atoms with Gasteiger partial charge in [0.1, 0.15) is 17.4 Å². The van der Waals surface area contributed by atoms with Crippen molar-refractivity contribution in [2.24, 2.45) is 16.7 Å². The number of ether oxygens (including phenoxy) is 1. The Labute approximate surface area is 197 Å². The Bertz CT molecular complexity index is 1020. The maximum atomic E-state index is 12.2. The number of nitrogens with zero attached hydrogens (tertiary/aromatic N) is 1. The maximum Gasteiger partial charge on any atom is 0.165 e. The first-order valence-corrected chi connectivity index (χ1v) is 13.3. The molecule has 4 atom stereocenters. The number of hydrogen-bond donors (Lipinski definition) is 3. The Hall–Kier alpha value is -1.30. The molecule has 33 heavy (non-hydrogen) atoms. The molecule has 3 N–H and O–H groups in total. The standard InChI is InChI=1S/C28H39NO4/c1-24(2,9-8-17-4-5-17)25(3,31)29-15-14-28-21-18-6-7-19(30)22(21)33-23(28)27(32)12-10-26(28,11-13-27)20(29)16-18/h6-7,17,20,23,30-32H,4-5,8-16H2,1-3H3/t20-,23?,25-,26?,27?,28+/m1/s1. The van der Waals surface area contributed by atoms with Gasteiger partial charge in [-0.3, -0.25) is 4.90 Å². The van der Waals surface area contributed by atoms with Crippen LogP contribution in [0.1, 0.15) is 89.7 Å². The Morgan fingerprint density at radius 3 is 2.52 bits per heavy atom. The SMILES string of the molecule is CC(C)(CCC1CC1)[C@@](C)(O)N1CC[C@]23c4c5ccc(O)c4OC2C2(O)CCC3(CC2)[C@H]1C5. The molecule has 5 fully saturated rings. The van der Waals surface area contributed by atoms with Crippen molar-refractivity contribution in [1.82, 2.24) is 4.90 Å². The quantitative estimate of drug-likeness (QED) is 0.622. The van der Waals surface area contributed by atoms with Crippen LogP contribution in [0.4, 0.5) is 0 Å². The van der Waals surface area contributed by atoms with Crippen LogP contribution < -0.4 is 4.74 Å². The van der Waals surface area contributed by atoms with Crippen molar-refractivity contribution in [1.29, 1.82) is 0 Å². The highest BCUT2D eigenvalue weighted by Gasteiger charge is 2.79. The van der Waals surface area contributed by atoms with Gasteiger partial charge in [0.25, 0.3) is 0 Å². The van der Waals surface area contributed by atoms with Crippen molar-refractivity contribution in [3.8, 4) is 11.5 Å². The molecule has 1 unspecified atom stereocenters. The molecule has 0 amide bonds. The van der Waals surface area contributed by atoms with Gasteiger partial charge < -0.3 is 20.1 Å². The van der Waals surface area contributed by atoms with Gasteiger partial charge in [-0.15, -0.1) is 0 Å². The average Bonchev–Trinajstić information content (AvgIpc) is 3.52. The molecule has 1 saturated heterocycles. The van der Waals surface area contributed by atoms with Crippen LogP contribution in [0.15, 0.2) is 12.1 Å². The Balaban J connectivity index is 1.36. The van der Waals surface area contributed by atoms with Crippen molar-refractivity contribution in [2.75, 3.05) is 6.54 Å². The molecule has 0 aromatic heterocycles. The molecule has 2 heterocycles. The Kier molecular flexibility index (Phi) is 3.88. The number of aromatic hydroxyl groups is 1. The topological polar surface area (TPSA) is 73.2 Å². The van der Waals surface area contributed by atoms with E-state index in [1.165, 1.54) is 30.4 Å². The van der Waals surface area contributed by atoms with Crippen LogP contribution in [0.5, 0.6) is 11.5 Å². The molecule has 2 aliphatic heterocycles. The summed E-state index contributed by atoms with van der Waals surface area (Å²) in [5.41, 5.74) is 0.230. The number of rotatable bonds is 5. The summed E-state index contributed by atoms with van der Waals surface area (Å²) in [5.74, 6) is 1.71. The van der Waals surface area contributed by atoms with E-state index in [-0.39, 0.29) is 34.1 Å². The number of aliphatic hydroxyl groups is 2. The molecule has 7 aliphatic rings. The smallest absolute Gasteiger partial charge is 0.165 e. The summed E-state index contributed by atoms with van der Waals surface area (Å²) >= 11 is 0. The molecular formula is C28H39NO4. The number of likely N-dealkylation sites (tertiary alicyclic amines) is 1. The summed E-state index contributed by atoms with van der Waals surface area (Å²) in [6.45, 7) is 7.38. The lowest BCUT2D eigenvalue weighted by molar-refractivity contribution is -0.284. The minimum absolute atomic E-state index is 0.0248. The van der Waals surface area contributed by atoms with Crippen molar-refractivity contribution < 1.29 is 20.1 Å². The number of phenolic OH excluding ortho intramolecular Hbond substituents is 1. The number of benzene rings is 1. The van der Waals surface area contributed by atoms with Crippen LogP contribution in [-0.4, -0.2) is 50.2 Å². The third-order valence-corrected chi connectivity index (χ3v) is 11.6. The van der Waals surface area contributed by atoms with Crippen molar-refractivity contribution in [3.05, 3.63) is 23.3 Å². The van der Waals surface area contributed by atoms with Gasteiger partial charge in [0.15, 0.2) is 11.5 Å². The van der Waals surface area contributed by atoms with Gasteiger partial charge in [-0.05, 0) is 75.8 Å². The highest BCUT2D eigenvalue weighted by atomic mass is 16.5. The molecule has 8 rings (SSSR count). The monoisotopic (exact) mass is 453 g/mol. The molecule has 4 saturated carbocycles. The van der Waals surface area contributed by atoms with Gasteiger partial charge in [-0.1, -0.05) is 32.8 Å². The zero-order valence-corrected chi connectivity index (χ0v) is 20.4. The molecule has 4 bridgehead atoms. The summed E-state index contributed by atoms with van der Waals surface area (Å²) in [4.78, 5) is 2.46. The van der Waals surface area contributed by atoms with E-state index in [0.29, 0.717) is 5.75 Å². The summed E-state index contributed by atoms with van der Waals surface area (Å²) in [7, 11) is 0. The molecule has 5 heteroatoms. The molecular weight excluding hydrogens is 414 g/mol. The van der Waals surface area contributed by atoms with E-state index >= 15 is 0 Å². The normalized spacial score (nSPS) is 42.6. The fraction of sp³-hybridized carbons (Fsp3) is 0.786. The minimum atomic E-state index is -0.902. The number of piperidine rings is 1. The van der Waals surface area contributed by atoms with Crippen LogP contribution in [0.2, 0.25) is 0 Å². The Morgan fingerprint density at radius 2 is 1.82 bits per heavy atom. The zero-order valence-electron chi connectivity index (χ0n) is 20.4. The minimum Gasteiger partial charge on any atom is -0.504 e. The lowest BCUT2D eigenvalue weighted by atomic mass is 9.36. The van der Waals surface area contributed by atoms with Gasteiger partial charge in [-0.25, -0.2) is 0 Å². The average molecular weight is 454 g/mol. The van der Waals surface area contributed by atoms with Crippen LogP contribution in [-0.2, 0) is 11.8 Å². The second kappa shape index (κ2) is 6.09. The zero-order chi connectivity index (χ0) is 23.0. The van der Waals surface area contributed by atoms with Gasteiger partial charge in [0.2, 0.25) is 0 Å². The molecule has 5 aliphatic carbocycles. The van der Waals surface area contributed by atoms with Gasteiger partial charge >= 0.3 is 0 Å². The predicted octanol–water partition coefficient (Wildman–Crippen LogP) is 4.25. The lowest BCUT2D eigenvalue weighted by Gasteiger charge is -2.73. The van der Waals surface area contributed by atoms with Crippen LogP contribution in [0.3, 0.4) is 0 Å². The van der Waals surface area contributed by atoms with E-state index in [1.54, 1.807) is 6.07 Å². The maximum absolute atomic E-state index is 12.2.